The molecular formula is C22H24NO6-. The van der Waals surface area contributed by atoms with E-state index in [0.717, 1.165) is 21.9 Å². The van der Waals surface area contributed by atoms with Gasteiger partial charge in [0.15, 0.2) is 0 Å². The maximum Gasteiger partial charge on any atom is 0.339 e. The lowest BCUT2D eigenvalue weighted by Crippen LogP contribution is -2.26. The molecule has 7 heteroatoms. The third-order valence-electron chi connectivity index (χ3n) is 5.16. The fourth-order valence-corrected chi connectivity index (χ4v) is 3.45. The molecule has 0 saturated heterocycles. The molecule has 3 aromatic rings. The Labute approximate surface area is 167 Å². The fourth-order valence-electron chi connectivity index (χ4n) is 3.45. The van der Waals surface area contributed by atoms with Crippen LogP contribution in [0, 0.1) is 13.8 Å². The topological polar surface area (TPSA) is 113 Å². The van der Waals surface area contributed by atoms with Gasteiger partial charge >= 0.3 is 5.63 Å². The van der Waals surface area contributed by atoms with Crippen LogP contribution in [0.1, 0.15) is 48.8 Å². The average molecular weight is 398 g/mol. The number of amides is 1. The molecule has 0 saturated carbocycles. The fraction of sp³-hybridized carbons (Fsp3) is 0.409. The molecule has 0 bridgehead atoms. The van der Waals surface area contributed by atoms with Crippen LogP contribution in [-0.4, -0.2) is 18.4 Å². The Kier molecular flexibility index (Phi) is 6.36. The highest BCUT2D eigenvalue weighted by molar-refractivity contribution is 5.96. The lowest BCUT2D eigenvalue weighted by atomic mass is 10.0. The highest BCUT2D eigenvalue weighted by Gasteiger charge is 2.15. The van der Waals surface area contributed by atoms with Crippen molar-refractivity contribution in [3.05, 3.63) is 45.5 Å². The molecule has 0 aliphatic heterocycles. The summed E-state index contributed by atoms with van der Waals surface area (Å²) in [6, 6.07) is 3.68. The Hall–Kier alpha value is -3.09. The van der Waals surface area contributed by atoms with Crippen LogP contribution in [0.5, 0.6) is 0 Å². The van der Waals surface area contributed by atoms with E-state index in [-0.39, 0.29) is 18.7 Å². The van der Waals surface area contributed by atoms with E-state index in [9.17, 15) is 19.5 Å². The molecule has 0 unspecified atom stereocenters. The second-order valence-electron chi connectivity index (χ2n) is 7.29. The lowest BCUT2D eigenvalue weighted by Gasteiger charge is -2.09. The molecule has 3 rings (SSSR count). The van der Waals surface area contributed by atoms with Crippen LogP contribution in [-0.2, 0) is 16.0 Å². The predicted molar refractivity (Wildman–Crippen MR) is 107 cm³/mol. The van der Waals surface area contributed by atoms with E-state index >= 15 is 0 Å². The number of hydrogen-bond donors (Lipinski definition) is 1. The maximum atomic E-state index is 12.4. The number of rotatable bonds is 9. The minimum atomic E-state index is -1.05. The minimum absolute atomic E-state index is 0.0373. The summed E-state index contributed by atoms with van der Waals surface area (Å²) in [4.78, 5) is 34.8. The molecule has 154 valence electrons. The molecule has 1 aromatic carbocycles. The van der Waals surface area contributed by atoms with Crippen LogP contribution in [0.4, 0.5) is 0 Å². The van der Waals surface area contributed by atoms with Gasteiger partial charge in [0.25, 0.3) is 0 Å². The van der Waals surface area contributed by atoms with Crippen molar-refractivity contribution in [1.82, 2.24) is 5.32 Å². The van der Waals surface area contributed by atoms with Crippen molar-refractivity contribution in [1.29, 1.82) is 0 Å². The van der Waals surface area contributed by atoms with Crippen molar-refractivity contribution in [3.63, 3.8) is 0 Å². The number of aliphatic carboxylic acids is 1. The third kappa shape index (κ3) is 4.85. The lowest BCUT2D eigenvalue weighted by molar-refractivity contribution is -0.305. The normalized spacial score (nSPS) is 11.2. The van der Waals surface area contributed by atoms with E-state index in [4.69, 9.17) is 8.83 Å². The zero-order valence-corrected chi connectivity index (χ0v) is 16.6. The Morgan fingerprint density at radius 2 is 1.83 bits per heavy atom. The number of hydrogen-bond acceptors (Lipinski definition) is 6. The Balaban J connectivity index is 1.63. The second-order valence-corrected chi connectivity index (χ2v) is 7.29. The molecule has 7 nitrogen and oxygen atoms in total. The number of furan rings is 1. The first-order chi connectivity index (χ1) is 13.9. The molecule has 2 aromatic heterocycles. The monoisotopic (exact) mass is 398 g/mol. The van der Waals surface area contributed by atoms with Gasteiger partial charge in [-0.15, -0.1) is 0 Å². The first-order valence-corrected chi connectivity index (χ1v) is 9.77. The summed E-state index contributed by atoms with van der Waals surface area (Å²) >= 11 is 0. The number of aryl methyl sites for hydroxylation is 2. The van der Waals surface area contributed by atoms with E-state index in [1.54, 1.807) is 12.3 Å². The quantitative estimate of drug-likeness (QED) is 0.438. The Morgan fingerprint density at radius 1 is 1.03 bits per heavy atom. The number of nitrogens with one attached hydrogen (secondary N) is 1. The van der Waals surface area contributed by atoms with E-state index in [0.29, 0.717) is 49.0 Å². The first-order valence-electron chi connectivity index (χ1n) is 9.77. The first kappa shape index (κ1) is 20.6. The van der Waals surface area contributed by atoms with Gasteiger partial charge in [0.2, 0.25) is 5.91 Å². The highest BCUT2D eigenvalue weighted by Crippen LogP contribution is 2.28. The van der Waals surface area contributed by atoms with E-state index in [1.807, 2.05) is 19.9 Å². The molecule has 0 aliphatic carbocycles. The van der Waals surface area contributed by atoms with Gasteiger partial charge in [0.1, 0.15) is 11.2 Å². The molecule has 2 heterocycles. The smallest absolute Gasteiger partial charge is 0.339 e. The van der Waals surface area contributed by atoms with E-state index < -0.39 is 11.6 Å². The molecular weight excluding hydrogens is 374 g/mol. The average Bonchev–Trinajstić information content (AvgIpc) is 3.03. The zero-order chi connectivity index (χ0) is 21.0. The maximum absolute atomic E-state index is 12.4. The van der Waals surface area contributed by atoms with Gasteiger partial charge in [-0.2, -0.15) is 0 Å². The number of carboxylic acid groups (broad SMARTS) is 1. The Bertz CT molecular complexity index is 1110. The second kappa shape index (κ2) is 8.94. The molecule has 0 spiro atoms. The zero-order valence-electron chi connectivity index (χ0n) is 16.6. The van der Waals surface area contributed by atoms with Gasteiger partial charge in [-0.3, -0.25) is 4.79 Å². The Morgan fingerprint density at radius 3 is 2.59 bits per heavy atom. The summed E-state index contributed by atoms with van der Waals surface area (Å²) < 4.78 is 10.9. The van der Waals surface area contributed by atoms with Crippen LogP contribution < -0.4 is 16.0 Å². The summed E-state index contributed by atoms with van der Waals surface area (Å²) in [5.74, 6) is -1.20. The number of benzene rings is 1. The van der Waals surface area contributed by atoms with Crippen LogP contribution in [0.15, 0.2) is 32.0 Å². The summed E-state index contributed by atoms with van der Waals surface area (Å²) in [7, 11) is 0. The van der Waals surface area contributed by atoms with Gasteiger partial charge in [0, 0.05) is 41.3 Å². The van der Waals surface area contributed by atoms with Gasteiger partial charge in [-0.1, -0.05) is 6.42 Å². The molecule has 0 radical (unpaired) electrons. The van der Waals surface area contributed by atoms with Crippen molar-refractivity contribution in [2.75, 3.05) is 6.54 Å². The summed E-state index contributed by atoms with van der Waals surface area (Å²) in [5.41, 5.74) is 3.03. The largest absolute Gasteiger partial charge is 0.550 e. The predicted octanol–water partition coefficient (Wildman–Crippen LogP) is 2.52. The van der Waals surface area contributed by atoms with Crippen LogP contribution in [0.25, 0.3) is 21.9 Å². The molecule has 0 fully saturated rings. The number of unbranched alkanes of at least 4 members (excludes halogenated alkanes) is 2. The summed E-state index contributed by atoms with van der Waals surface area (Å²) in [6.45, 7) is 4.30. The molecule has 1 amide bonds. The van der Waals surface area contributed by atoms with Crippen molar-refractivity contribution in [3.8, 4) is 0 Å². The van der Waals surface area contributed by atoms with Crippen LogP contribution in [0.3, 0.4) is 0 Å². The molecule has 0 aliphatic rings. The molecule has 29 heavy (non-hydrogen) atoms. The van der Waals surface area contributed by atoms with Crippen LogP contribution >= 0.6 is 0 Å². The van der Waals surface area contributed by atoms with E-state index in [1.165, 1.54) is 0 Å². The van der Waals surface area contributed by atoms with E-state index in [2.05, 4.69) is 5.32 Å². The van der Waals surface area contributed by atoms with Crippen LogP contribution in [0.2, 0.25) is 0 Å². The number of fused-ring (bicyclic) bond motifs is 2. The number of carbonyl (C=O) groups is 2. The van der Waals surface area contributed by atoms with Gasteiger partial charge < -0.3 is 24.1 Å². The van der Waals surface area contributed by atoms with Gasteiger partial charge in [-0.05, 0) is 56.7 Å². The SMILES string of the molecule is Cc1coc2cc3oc(=O)c(CCC(=O)NCCCCCC(=O)[O-])c(C)c3cc12. The van der Waals surface area contributed by atoms with Crippen molar-refractivity contribution >= 4 is 33.8 Å². The third-order valence-corrected chi connectivity index (χ3v) is 5.16. The number of carboxylic acids is 1. The van der Waals surface area contributed by atoms with Gasteiger partial charge in [-0.25, -0.2) is 4.79 Å². The highest BCUT2D eigenvalue weighted by atomic mass is 16.4. The van der Waals surface area contributed by atoms with Gasteiger partial charge in [0.05, 0.1) is 6.26 Å². The molecule has 1 N–H and O–H groups in total. The minimum Gasteiger partial charge on any atom is -0.550 e. The summed E-state index contributed by atoms with van der Waals surface area (Å²) in [5, 5.41) is 15.0. The van der Waals surface area contributed by atoms with Crippen molar-refractivity contribution in [2.45, 2.75) is 52.4 Å². The van der Waals surface area contributed by atoms with Crippen molar-refractivity contribution in [2.24, 2.45) is 0 Å². The molecule has 0 atom stereocenters. The standard InChI is InChI=1S/C22H25NO6/c1-13-12-28-18-11-19-17(10-16(13)18)14(2)15(22(27)29-19)7-8-20(24)23-9-5-3-4-6-21(25)26/h10-12H,3-9H2,1-2H3,(H,23,24)(H,25,26)/p-1. The van der Waals surface area contributed by atoms with Crippen molar-refractivity contribution < 1.29 is 23.5 Å². The summed E-state index contributed by atoms with van der Waals surface area (Å²) in [6.07, 6.45) is 4.14. The number of carbonyl (C=O) groups excluding carboxylic acids is 2.